The molecule has 9 nitrogen and oxygen atoms in total. The quantitative estimate of drug-likeness (QED) is 0.158. The Balaban J connectivity index is 1.74. The van der Waals surface area contributed by atoms with E-state index in [0.29, 0.717) is 49.6 Å². The van der Waals surface area contributed by atoms with E-state index in [1.165, 1.54) is 17.8 Å². The van der Waals surface area contributed by atoms with Gasteiger partial charge in [-0.1, -0.05) is 82.7 Å². The molecule has 2 aromatic rings. The van der Waals surface area contributed by atoms with Crippen molar-refractivity contribution in [3.05, 3.63) is 52.5 Å². The molecule has 1 aromatic carbocycles. The van der Waals surface area contributed by atoms with Crippen molar-refractivity contribution in [3.63, 3.8) is 0 Å². The van der Waals surface area contributed by atoms with Gasteiger partial charge in [-0.25, -0.2) is 4.98 Å². The van der Waals surface area contributed by atoms with E-state index in [0.717, 1.165) is 44.1 Å². The normalized spacial score (nSPS) is 16.7. The maximum absolute atomic E-state index is 13.8. The first-order valence-electron chi connectivity index (χ1n) is 16.0. The Morgan fingerprint density at radius 1 is 0.977 bits per heavy atom. The number of amides is 3. The Hall–Kier alpha value is -2.82. The Labute approximate surface area is 260 Å². The topological polar surface area (TPSA) is 146 Å². The van der Waals surface area contributed by atoms with Crippen LogP contribution in [0.3, 0.4) is 0 Å². The third-order valence-electron chi connectivity index (χ3n) is 8.11. The predicted molar refractivity (Wildman–Crippen MR) is 171 cm³/mol. The minimum atomic E-state index is -0.925. The zero-order valence-electron chi connectivity index (χ0n) is 25.8. The van der Waals surface area contributed by atoms with Crippen LogP contribution in [0.1, 0.15) is 101 Å². The van der Waals surface area contributed by atoms with Gasteiger partial charge in [-0.2, -0.15) is 0 Å². The maximum Gasteiger partial charge on any atom is 0.243 e. The van der Waals surface area contributed by atoms with E-state index in [9.17, 15) is 19.5 Å². The number of carbonyl (C=O) groups excluding carboxylic acids is 3. The molecule has 43 heavy (non-hydrogen) atoms. The van der Waals surface area contributed by atoms with Gasteiger partial charge >= 0.3 is 0 Å². The number of thiazole rings is 1. The molecule has 1 aromatic heterocycles. The van der Waals surface area contributed by atoms with E-state index >= 15 is 0 Å². The molecule has 3 rings (SSSR count). The molecule has 6 N–H and O–H groups in total. The summed E-state index contributed by atoms with van der Waals surface area (Å²) in [5.41, 5.74) is 6.48. The lowest BCUT2D eigenvalue weighted by Gasteiger charge is -2.31. The van der Waals surface area contributed by atoms with Crippen molar-refractivity contribution in [2.75, 3.05) is 6.54 Å². The molecule has 10 heteroatoms. The summed E-state index contributed by atoms with van der Waals surface area (Å²) in [6, 6.07) is 7.38. The predicted octanol–water partition coefficient (Wildman–Crippen LogP) is 4.41. The first kappa shape index (κ1) is 34.7. The van der Waals surface area contributed by atoms with Gasteiger partial charge < -0.3 is 26.8 Å². The van der Waals surface area contributed by atoms with Crippen LogP contribution in [-0.4, -0.2) is 52.5 Å². The second-order valence-corrected chi connectivity index (χ2v) is 13.2. The molecule has 0 unspecified atom stereocenters. The van der Waals surface area contributed by atoms with Crippen molar-refractivity contribution in [2.24, 2.45) is 17.6 Å². The highest BCUT2D eigenvalue weighted by atomic mass is 32.1. The highest BCUT2D eigenvalue weighted by molar-refractivity contribution is 7.09. The Morgan fingerprint density at radius 3 is 2.35 bits per heavy atom. The number of hydrogen-bond donors (Lipinski definition) is 5. The number of benzene rings is 1. The molecule has 4 atom stereocenters. The van der Waals surface area contributed by atoms with Crippen molar-refractivity contribution in [2.45, 2.75) is 115 Å². The summed E-state index contributed by atoms with van der Waals surface area (Å²) >= 11 is 1.37. The van der Waals surface area contributed by atoms with Crippen molar-refractivity contribution in [1.29, 1.82) is 0 Å². The van der Waals surface area contributed by atoms with Gasteiger partial charge in [-0.3, -0.25) is 14.4 Å². The number of aromatic nitrogens is 1. The zero-order chi connectivity index (χ0) is 31.0. The molecule has 238 valence electrons. The molecule has 0 radical (unpaired) electrons. The SMILES string of the molecule is CC(C)C[C@H](NC(=O)[C@H](Cc1ccccc1)NC(=O)CCCCCN)C(=O)N[C@@H](CC1CCCCC1)[C@@H](O)c1nccs1. The molecule has 0 spiro atoms. The summed E-state index contributed by atoms with van der Waals surface area (Å²) in [4.78, 5) is 44.6. The maximum atomic E-state index is 13.8. The number of nitrogens with one attached hydrogen (secondary N) is 3. The van der Waals surface area contributed by atoms with Crippen LogP contribution in [0, 0.1) is 11.8 Å². The van der Waals surface area contributed by atoms with Crippen LogP contribution in [0.5, 0.6) is 0 Å². The van der Waals surface area contributed by atoms with Gasteiger partial charge in [0.15, 0.2) is 0 Å². The fourth-order valence-electron chi connectivity index (χ4n) is 5.79. The van der Waals surface area contributed by atoms with Crippen LogP contribution >= 0.6 is 11.3 Å². The minimum absolute atomic E-state index is 0.126. The summed E-state index contributed by atoms with van der Waals surface area (Å²) < 4.78 is 0. The summed E-state index contributed by atoms with van der Waals surface area (Å²) in [6.45, 7) is 4.59. The first-order valence-corrected chi connectivity index (χ1v) is 16.9. The van der Waals surface area contributed by atoms with Crippen LogP contribution < -0.4 is 21.7 Å². The number of hydrogen-bond acceptors (Lipinski definition) is 7. The van der Waals surface area contributed by atoms with Gasteiger partial charge in [0.25, 0.3) is 0 Å². The van der Waals surface area contributed by atoms with Crippen molar-refractivity contribution >= 4 is 29.1 Å². The highest BCUT2D eigenvalue weighted by Gasteiger charge is 2.33. The van der Waals surface area contributed by atoms with Gasteiger partial charge in [-0.15, -0.1) is 11.3 Å². The fourth-order valence-corrected chi connectivity index (χ4v) is 6.48. The molecule has 0 aliphatic heterocycles. The summed E-state index contributed by atoms with van der Waals surface area (Å²) in [5, 5.41) is 22.6. The second kappa shape index (κ2) is 18.8. The Bertz CT molecular complexity index is 1090. The molecule has 0 saturated heterocycles. The van der Waals surface area contributed by atoms with E-state index in [2.05, 4.69) is 20.9 Å². The average molecular weight is 614 g/mol. The lowest BCUT2D eigenvalue weighted by molar-refractivity contribution is -0.133. The smallest absolute Gasteiger partial charge is 0.243 e. The number of carbonyl (C=O) groups is 3. The van der Waals surface area contributed by atoms with E-state index in [4.69, 9.17) is 5.73 Å². The molecular formula is C33H51N5O4S. The van der Waals surface area contributed by atoms with Gasteiger partial charge in [0.2, 0.25) is 17.7 Å². The molecule has 1 aliphatic rings. The number of nitrogens with zero attached hydrogens (tertiary/aromatic N) is 1. The minimum Gasteiger partial charge on any atom is -0.384 e. The molecule has 0 bridgehead atoms. The monoisotopic (exact) mass is 613 g/mol. The van der Waals surface area contributed by atoms with Crippen LogP contribution in [0.4, 0.5) is 0 Å². The van der Waals surface area contributed by atoms with Crippen molar-refractivity contribution in [1.82, 2.24) is 20.9 Å². The fraction of sp³-hybridized carbons (Fsp3) is 0.636. The van der Waals surface area contributed by atoms with Crippen LogP contribution in [0.2, 0.25) is 0 Å². The first-order chi connectivity index (χ1) is 20.8. The van der Waals surface area contributed by atoms with Crippen molar-refractivity contribution in [3.8, 4) is 0 Å². The van der Waals surface area contributed by atoms with Gasteiger partial charge in [0, 0.05) is 24.4 Å². The second-order valence-electron chi connectivity index (χ2n) is 12.3. The van der Waals surface area contributed by atoms with Gasteiger partial charge in [0.1, 0.15) is 23.2 Å². The van der Waals surface area contributed by atoms with E-state index in [1.54, 1.807) is 6.20 Å². The summed E-state index contributed by atoms with van der Waals surface area (Å²) in [6.07, 6.45) is 10.5. The lowest BCUT2D eigenvalue weighted by atomic mass is 9.83. The summed E-state index contributed by atoms with van der Waals surface area (Å²) in [7, 11) is 0. The van der Waals surface area contributed by atoms with E-state index in [1.807, 2.05) is 49.6 Å². The number of rotatable bonds is 18. The highest BCUT2D eigenvalue weighted by Crippen LogP contribution is 2.31. The Kier molecular flexibility index (Phi) is 15.1. The van der Waals surface area contributed by atoms with E-state index in [-0.39, 0.29) is 17.7 Å². The van der Waals surface area contributed by atoms with E-state index < -0.39 is 30.1 Å². The average Bonchev–Trinajstić information content (AvgIpc) is 3.54. The largest absolute Gasteiger partial charge is 0.384 e. The van der Waals surface area contributed by atoms with Crippen molar-refractivity contribution < 1.29 is 19.5 Å². The lowest BCUT2D eigenvalue weighted by Crippen LogP contribution is -2.56. The molecule has 1 heterocycles. The molecule has 1 fully saturated rings. The van der Waals surface area contributed by atoms with Gasteiger partial charge in [0.05, 0.1) is 6.04 Å². The molecule has 3 amide bonds. The van der Waals surface area contributed by atoms with Gasteiger partial charge in [-0.05, 0) is 49.6 Å². The standard InChI is InChI=1S/C33H51N5O4S/c1-23(2)20-27(31(41)37-26(21-24-12-6-3-7-13-24)30(40)33-35-18-19-43-33)38-32(42)28(22-25-14-8-4-9-15-25)36-29(39)16-10-5-11-17-34/h4,8-9,14-15,18-19,23-24,26-28,30,40H,3,5-7,10-13,16-17,20-22,34H2,1-2H3,(H,36,39)(H,37,41)(H,38,42)/t26-,27-,28-,30+/m0/s1. The van der Waals surface area contributed by atoms with Crippen LogP contribution in [0.15, 0.2) is 41.9 Å². The number of nitrogens with two attached hydrogens (primary N) is 1. The third kappa shape index (κ3) is 12.4. The molecule has 1 aliphatic carbocycles. The van der Waals surface area contributed by atoms with Crippen LogP contribution in [0.25, 0.3) is 0 Å². The zero-order valence-corrected chi connectivity index (χ0v) is 26.6. The summed E-state index contributed by atoms with van der Waals surface area (Å²) in [5.74, 6) is -0.380. The molecular weight excluding hydrogens is 562 g/mol. The Morgan fingerprint density at radius 2 is 1.70 bits per heavy atom. The number of aliphatic hydroxyl groups is 1. The third-order valence-corrected chi connectivity index (χ3v) is 8.95. The van der Waals surface area contributed by atoms with Crippen LogP contribution in [-0.2, 0) is 20.8 Å². The number of aliphatic hydroxyl groups excluding tert-OH is 1. The number of unbranched alkanes of at least 4 members (excludes halogenated alkanes) is 2. The molecule has 1 saturated carbocycles.